The zero-order valence-corrected chi connectivity index (χ0v) is 70.0. The lowest BCUT2D eigenvalue weighted by atomic mass is 9.65. The molecule has 0 N–H and O–H groups in total. The van der Waals surface area contributed by atoms with Gasteiger partial charge in [-0.25, -0.2) is 0 Å². The molecular formula is C100H154. The van der Waals surface area contributed by atoms with E-state index in [0.29, 0.717) is 16.2 Å². The number of rotatable bonds is 5. The molecule has 1 aliphatic carbocycles. The molecule has 0 heterocycles. The van der Waals surface area contributed by atoms with E-state index >= 15 is 0 Å². The summed E-state index contributed by atoms with van der Waals surface area (Å²) >= 11 is 0. The van der Waals surface area contributed by atoms with Gasteiger partial charge in [-0.3, -0.25) is 0 Å². The van der Waals surface area contributed by atoms with Gasteiger partial charge in [-0.05, 0) is 63.8 Å². The standard InChI is InChI=1S/C20H18.C18H20.5C6H6.C6H14.2C5H12.8C2H6/c1-20(17-11-5-2-6-12-17,18-13-7-3-8-14-18)19-15-9-4-10-16-19;1-4-10-16(11-5-1)18(14-8-3-9-15-18)17-12-6-2-7-13-17;5*1-2-4-6-5-3-1;1-5-6(2,3)4;2*1-5(2,3)4;8*1-2/h2-16H,1H3;1-2,4-7,10-13H,3,8-9,14-15H2;5*1-6H;5H2,1-4H3;2*1-4H3;8*1-2H3. The normalized spacial score (nSPS) is 10.4. The van der Waals surface area contributed by atoms with E-state index in [2.05, 4.69) is 242 Å². The van der Waals surface area contributed by atoms with Crippen molar-refractivity contribution in [1.82, 2.24) is 0 Å². The Labute approximate surface area is 624 Å². The van der Waals surface area contributed by atoms with Crippen LogP contribution in [0.5, 0.6) is 0 Å². The van der Waals surface area contributed by atoms with Crippen LogP contribution in [0.3, 0.4) is 0 Å². The Kier molecular flexibility index (Phi) is 81.3. The fourth-order valence-electron chi connectivity index (χ4n) is 8.15. The van der Waals surface area contributed by atoms with E-state index in [4.69, 9.17) is 0 Å². The summed E-state index contributed by atoms with van der Waals surface area (Å²) in [5.74, 6) is 0. The molecule has 0 radical (unpaired) electrons. The maximum absolute atomic E-state index is 2.30. The van der Waals surface area contributed by atoms with Crippen LogP contribution in [0.1, 0.15) is 267 Å². The summed E-state index contributed by atoms with van der Waals surface area (Å²) in [6.07, 6.45) is 7.95. The van der Waals surface area contributed by atoms with Crippen molar-refractivity contribution in [2.75, 3.05) is 0 Å². The molecule has 10 aromatic carbocycles. The van der Waals surface area contributed by atoms with Crippen LogP contribution >= 0.6 is 0 Å². The van der Waals surface area contributed by atoms with Gasteiger partial charge in [0, 0.05) is 10.8 Å². The molecule has 11 rings (SSSR count). The molecule has 0 nitrogen and oxygen atoms in total. The predicted molar refractivity (Wildman–Crippen MR) is 465 cm³/mol. The lowest BCUT2D eigenvalue weighted by Crippen LogP contribution is -2.30. The van der Waals surface area contributed by atoms with Gasteiger partial charge in [-0.1, -0.05) is 553 Å². The fourth-order valence-corrected chi connectivity index (χ4v) is 8.15. The molecule has 0 spiro atoms. The molecule has 100 heavy (non-hydrogen) atoms. The van der Waals surface area contributed by atoms with Crippen LogP contribution in [-0.4, -0.2) is 0 Å². The Morgan fingerprint density at radius 2 is 0.330 bits per heavy atom. The third kappa shape index (κ3) is 64.8. The Bertz CT molecular complexity index is 2420. The van der Waals surface area contributed by atoms with Crippen molar-refractivity contribution in [3.8, 4) is 0 Å². The maximum atomic E-state index is 2.30. The third-order valence-electron chi connectivity index (χ3n) is 12.8. The predicted octanol–water partition coefficient (Wildman–Crippen LogP) is 33.2. The van der Waals surface area contributed by atoms with E-state index in [1.54, 1.807) is 0 Å². The highest BCUT2D eigenvalue weighted by Gasteiger charge is 2.35. The molecule has 0 bridgehead atoms. The van der Waals surface area contributed by atoms with E-state index in [0.717, 1.165) is 0 Å². The Balaban J connectivity index is -0.000000197. The summed E-state index contributed by atoms with van der Waals surface area (Å²) in [7, 11) is 0. The minimum atomic E-state index is -0.121. The summed E-state index contributed by atoms with van der Waals surface area (Å²) in [6, 6.07) is 114. The minimum absolute atomic E-state index is 0.121. The van der Waals surface area contributed by atoms with Gasteiger partial charge in [-0.2, -0.15) is 0 Å². The SMILES string of the molecule is CC.CC.CC.CC.CC.CC.CC.CC.CC(C)(C)C.CC(C)(C)C.CC(c1ccccc1)(c1ccccc1)c1ccccc1.CCC(C)(C)C.c1ccc(C2(c3ccccc3)CCCCC2)cc1.c1ccccc1.c1ccccc1.c1ccccc1.c1ccccc1.c1ccccc1. The molecule has 1 saturated carbocycles. The molecule has 0 atom stereocenters. The first-order chi connectivity index (χ1) is 48.3. The maximum Gasteiger partial charge on any atom is 0.0423 e. The van der Waals surface area contributed by atoms with Crippen molar-refractivity contribution in [2.45, 2.75) is 250 Å². The van der Waals surface area contributed by atoms with Gasteiger partial charge < -0.3 is 0 Å². The summed E-state index contributed by atoms with van der Waals surface area (Å²) in [5, 5.41) is 0. The van der Waals surface area contributed by atoms with Gasteiger partial charge in [0.05, 0.1) is 0 Å². The second-order valence-corrected chi connectivity index (χ2v) is 25.3. The Morgan fingerprint density at radius 1 is 0.210 bits per heavy atom. The van der Waals surface area contributed by atoms with E-state index in [1.807, 2.05) is 293 Å². The molecule has 0 saturated heterocycles. The Morgan fingerprint density at radius 3 is 0.460 bits per heavy atom. The highest BCUT2D eigenvalue weighted by atomic mass is 14.4. The first kappa shape index (κ1) is 106. The molecule has 0 aliphatic heterocycles. The molecule has 554 valence electrons. The highest BCUT2D eigenvalue weighted by Crippen LogP contribution is 2.44. The largest absolute Gasteiger partial charge is 0.0683 e. The van der Waals surface area contributed by atoms with E-state index in [-0.39, 0.29) is 10.8 Å². The smallest absolute Gasteiger partial charge is 0.0423 e. The van der Waals surface area contributed by atoms with E-state index in [1.165, 1.54) is 66.3 Å². The van der Waals surface area contributed by atoms with Gasteiger partial charge in [0.25, 0.3) is 0 Å². The van der Waals surface area contributed by atoms with Crippen LogP contribution in [-0.2, 0) is 10.8 Å². The van der Waals surface area contributed by atoms with Crippen LogP contribution < -0.4 is 0 Å². The van der Waals surface area contributed by atoms with Crippen molar-refractivity contribution in [3.63, 3.8) is 0 Å². The highest BCUT2D eigenvalue weighted by molar-refractivity contribution is 5.49. The minimum Gasteiger partial charge on any atom is -0.0683 e. The number of hydrogen-bond donors (Lipinski definition) is 0. The average molecular weight is 1360 g/mol. The van der Waals surface area contributed by atoms with Crippen LogP contribution in [0.15, 0.2) is 334 Å². The molecule has 10 aromatic rings. The molecule has 1 fully saturated rings. The lowest BCUT2D eigenvalue weighted by Gasteiger charge is -2.38. The van der Waals surface area contributed by atoms with Crippen molar-refractivity contribution >= 4 is 0 Å². The zero-order chi connectivity index (χ0) is 77.5. The first-order valence-corrected chi connectivity index (χ1v) is 38.6. The van der Waals surface area contributed by atoms with Crippen LogP contribution in [0.25, 0.3) is 0 Å². The second kappa shape index (κ2) is 76.9. The van der Waals surface area contributed by atoms with Crippen LogP contribution in [0, 0.1) is 16.2 Å². The quantitative estimate of drug-likeness (QED) is 0.151. The number of benzene rings is 10. The van der Waals surface area contributed by atoms with E-state index in [9.17, 15) is 0 Å². The van der Waals surface area contributed by atoms with Gasteiger partial charge in [-0.15, -0.1) is 0 Å². The third-order valence-corrected chi connectivity index (χ3v) is 12.8. The lowest BCUT2D eigenvalue weighted by molar-refractivity contribution is 0.346. The topological polar surface area (TPSA) is 0 Å². The van der Waals surface area contributed by atoms with Gasteiger partial charge >= 0.3 is 0 Å². The zero-order valence-electron chi connectivity index (χ0n) is 70.0. The summed E-state index contributed by atoms with van der Waals surface area (Å²) in [6.45, 7) is 60.7. The van der Waals surface area contributed by atoms with E-state index < -0.39 is 0 Å². The molecule has 0 unspecified atom stereocenters. The van der Waals surface area contributed by atoms with Gasteiger partial charge in [0.15, 0.2) is 0 Å². The molecular weight excluding hydrogens is 1200 g/mol. The summed E-state index contributed by atoms with van der Waals surface area (Å²) in [4.78, 5) is 0. The van der Waals surface area contributed by atoms with Crippen molar-refractivity contribution in [2.24, 2.45) is 16.2 Å². The second-order valence-electron chi connectivity index (χ2n) is 25.3. The number of hydrogen-bond acceptors (Lipinski definition) is 0. The summed E-state index contributed by atoms with van der Waals surface area (Å²) < 4.78 is 0. The molecule has 0 heteroatoms. The summed E-state index contributed by atoms with van der Waals surface area (Å²) in [5.41, 5.74) is 8.63. The molecule has 1 aliphatic rings. The Hall–Kier alpha value is -7.80. The molecule has 0 aromatic heterocycles. The fraction of sp³-hybridized carbons (Fsp3) is 0.400. The average Bonchev–Trinajstić information content (AvgIpc) is 0.784. The first-order valence-electron chi connectivity index (χ1n) is 38.6. The van der Waals surface area contributed by atoms with Crippen LogP contribution in [0.4, 0.5) is 0 Å². The van der Waals surface area contributed by atoms with Gasteiger partial charge in [0.1, 0.15) is 0 Å². The van der Waals surface area contributed by atoms with Crippen molar-refractivity contribution in [3.05, 3.63) is 361 Å². The van der Waals surface area contributed by atoms with Crippen LogP contribution in [0.2, 0.25) is 0 Å². The van der Waals surface area contributed by atoms with Crippen molar-refractivity contribution in [1.29, 1.82) is 0 Å². The monoisotopic (exact) mass is 1360 g/mol. The van der Waals surface area contributed by atoms with Crippen molar-refractivity contribution < 1.29 is 0 Å². The molecule has 0 amide bonds. The van der Waals surface area contributed by atoms with Gasteiger partial charge in [0.2, 0.25) is 0 Å².